The molecule has 2 amide bonds. The molecule has 1 saturated heterocycles. The number of hydrogen-bond donors (Lipinski definition) is 2. The van der Waals surface area contributed by atoms with Crippen LogP contribution in [0.4, 0.5) is 4.79 Å². The van der Waals surface area contributed by atoms with Crippen LogP contribution in [0.25, 0.3) is 5.69 Å². The Bertz CT molecular complexity index is 951. The first-order chi connectivity index (χ1) is 14.8. The Morgan fingerprint density at radius 1 is 0.933 bits per heavy atom. The molecule has 30 heavy (non-hydrogen) atoms. The summed E-state index contributed by atoms with van der Waals surface area (Å²) < 4.78 is 7.20. The van der Waals surface area contributed by atoms with Crippen molar-refractivity contribution in [1.29, 1.82) is 0 Å². The van der Waals surface area contributed by atoms with Gasteiger partial charge < -0.3 is 15.4 Å². The van der Waals surface area contributed by atoms with Crippen LogP contribution in [0, 0.1) is 0 Å². The van der Waals surface area contributed by atoms with Crippen molar-refractivity contribution in [1.82, 2.24) is 25.3 Å². The molecule has 2 heterocycles. The predicted octanol–water partition coefficient (Wildman–Crippen LogP) is 2.70. The minimum atomic E-state index is -0.193. The van der Waals surface area contributed by atoms with Crippen LogP contribution in [0.15, 0.2) is 67.0 Å². The lowest BCUT2D eigenvalue weighted by molar-refractivity contribution is 0.0342. The van der Waals surface area contributed by atoms with Crippen molar-refractivity contribution in [3.8, 4) is 5.69 Å². The highest BCUT2D eigenvalue weighted by atomic mass is 16.5. The molecule has 156 valence electrons. The largest absolute Gasteiger partial charge is 0.379 e. The predicted molar refractivity (Wildman–Crippen MR) is 115 cm³/mol. The fourth-order valence-electron chi connectivity index (χ4n) is 3.46. The van der Waals surface area contributed by atoms with Crippen LogP contribution in [0.1, 0.15) is 16.7 Å². The van der Waals surface area contributed by atoms with Crippen molar-refractivity contribution >= 4 is 6.03 Å². The van der Waals surface area contributed by atoms with E-state index in [1.165, 1.54) is 5.56 Å². The zero-order valence-electron chi connectivity index (χ0n) is 17.0. The minimum absolute atomic E-state index is 0.193. The molecule has 0 saturated carbocycles. The van der Waals surface area contributed by atoms with Gasteiger partial charge in [0, 0.05) is 44.5 Å². The second-order valence-corrected chi connectivity index (χ2v) is 7.37. The van der Waals surface area contributed by atoms with Crippen LogP contribution in [-0.2, 0) is 24.4 Å². The van der Waals surface area contributed by atoms with E-state index in [4.69, 9.17) is 4.74 Å². The molecule has 0 radical (unpaired) electrons. The smallest absolute Gasteiger partial charge is 0.315 e. The number of rotatable bonds is 7. The standard InChI is InChI=1S/C23H27N5O2/c29-23(25-15-21-16-26-28(18-21)22-7-2-1-3-8-22)24-14-19-5-4-6-20(13-19)17-27-9-11-30-12-10-27/h1-8,13,16,18H,9-12,14-15,17H2,(H2,24,25,29). The van der Waals surface area contributed by atoms with E-state index in [0.29, 0.717) is 13.1 Å². The first-order valence-electron chi connectivity index (χ1n) is 10.2. The van der Waals surface area contributed by atoms with Crippen LogP contribution in [0.3, 0.4) is 0 Å². The molecule has 0 aliphatic carbocycles. The number of nitrogens with one attached hydrogen (secondary N) is 2. The van der Waals surface area contributed by atoms with Crippen molar-refractivity contribution < 1.29 is 9.53 Å². The molecule has 7 nitrogen and oxygen atoms in total. The van der Waals surface area contributed by atoms with Gasteiger partial charge in [0.2, 0.25) is 0 Å². The molecular weight excluding hydrogens is 378 g/mol. The molecule has 2 N–H and O–H groups in total. The summed E-state index contributed by atoms with van der Waals surface area (Å²) in [6.45, 7) is 5.35. The van der Waals surface area contributed by atoms with Crippen molar-refractivity contribution in [3.05, 3.63) is 83.7 Å². The van der Waals surface area contributed by atoms with Gasteiger partial charge >= 0.3 is 6.03 Å². The Balaban J connectivity index is 1.23. The molecule has 0 atom stereocenters. The van der Waals surface area contributed by atoms with E-state index < -0.39 is 0 Å². The third-order valence-corrected chi connectivity index (χ3v) is 5.06. The van der Waals surface area contributed by atoms with Gasteiger partial charge in [0.25, 0.3) is 0 Å². The van der Waals surface area contributed by atoms with E-state index in [0.717, 1.165) is 49.7 Å². The van der Waals surface area contributed by atoms with Gasteiger partial charge in [-0.2, -0.15) is 5.10 Å². The lowest BCUT2D eigenvalue weighted by Crippen LogP contribution is -2.35. The van der Waals surface area contributed by atoms with Gasteiger partial charge in [0.15, 0.2) is 0 Å². The van der Waals surface area contributed by atoms with Crippen LogP contribution in [0.2, 0.25) is 0 Å². The van der Waals surface area contributed by atoms with Crippen LogP contribution in [-0.4, -0.2) is 47.0 Å². The summed E-state index contributed by atoms with van der Waals surface area (Å²) in [4.78, 5) is 14.6. The fraction of sp³-hybridized carbons (Fsp3) is 0.304. The number of amides is 2. The maximum atomic E-state index is 12.2. The van der Waals surface area contributed by atoms with Gasteiger partial charge in [0.1, 0.15) is 0 Å². The zero-order chi connectivity index (χ0) is 20.6. The molecule has 7 heteroatoms. The number of hydrogen-bond acceptors (Lipinski definition) is 4. The summed E-state index contributed by atoms with van der Waals surface area (Å²) in [5, 5.41) is 10.2. The quantitative estimate of drug-likeness (QED) is 0.634. The van der Waals surface area contributed by atoms with Gasteiger partial charge in [-0.25, -0.2) is 9.48 Å². The average molecular weight is 406 g/mol. The molecule has 1 aliphatic rings. The highest BCUT2D eigenvalue weighted by Gasteiger charge is 2.11. The lowest BCUT2D eigenvalue weighted by Gasteiger charge is -2.26. The van der Waals surface area contributed by atoms with Crippen molar-refractivity contribution in [3.63, 3.8) is 0 Å². The molecule has 0 bridgehead atoms. The van der Waals surface area contributed by atoms with E-state index in [-0.39, 0.29) is 6.03 Å². The summed E-state index contributed by atoms with van der Waals surface area (Å²) in [6.07, 6.45) is 3.69. The molecule has 4 rings (SSSR count). The molecule has 0 spiro atoms. The number of carbonyl (C=O) groups is 1. The second kappa shape index (κ2) is 10.0. The number of ether oxygens (including phenoxy) is 1. The van der Waals surface area contributed by atoms with E-state index in [1.807, 2.05) is 48.7 Å². The number of aromatic nitrogens is 2. The van der Waals surface area contributed by atoms with Gasteiger partial charge in [-0.1, -0.05) is 42.5 Å². The van der Waals surface area contributed by atoms with Crippen molar-refractivity contribution in [2.75, 3.05) is 26.3 Å². The summed E-state index contributed by atoms with van der Waals surface area (Å²) in [5.74, 6) is 0. The number of carbonyl (C=O) groups excluding carboxylic acids is 1. The average Bonchev–Trinajstić information content (AvgIpc) is 3.27. The summed E-state index contributed by atoms with van der Waals surface area (Å²) in [5.41, 5.74) is 4.28. The number of para-hydroxylation sites is 1. The first-order valence-corrected chi connectivity index (χ1v) is 10.2. The Morgan fingerprint density at radius 2 is 1.67 bits per heavy atom. The molecule has 2 aromatic carbocycles. The molecule has 1 fully saturated rings. The summed E-state index contributed by atoms with van der Waals surface area (Å²) in [7, 11) is 0. The van der Waals surface area contributed by atoms with E-state index >= 15 is 0 Å². The first kappa shape index (κ1) is 20.1. The molecule has 3 aromatic rings. The monoisotopic (exact) mass is 405 g/mol. The van der Waals surface area contributed by atoms with Crippen LogP contribution >= 0.6 is 0 Å². The van der Waals surface area contributed by atoms with Crippen LogP contribution < -0.4 is 10.6 Å². The Labute approximate surface area is 176 Å². The Hall–Kier alpha value is -3.16. The maximum absolute atomic E-state index is 12.2. The van der Waals surface area contributed by atoms with Gasteiger partial charge in [-0.05, 0) is 23.3 Å². The third kappa shape index (κ3) is 5.68. The van der Waals surface area contributed by atoms with Gasteiger partial charge in [-0.3, -0.25) is 4.90 Å². The normalized spacial score (nSPS) is 14.4. The maximum Gasteiger partial charge on any atom is 0.315 e. The third-order valence-electron chi connectivity index (χ3n) is 5.06. The number of morpholine rings is 1. The van der Waals surface area contributed by atoms with Gasteiger partial charge in [-0.15, -0.1) is 0 Å². The van der Waals surface area contributed by atoms with E-state index in [9.17, 15) is 4.79 Å². The number of urea groups is 1. The highest BCUT2D eigenvalue weighted by Crippen LogP contribution is 2.10. The molecule has 1 aromatic heterocycles. The zero-order valence-corrected chi connectivity index (χ0v) is 17.0. The lowest BCUT2D eigenvalue weighted by atomic mass is 10.1. The summed E-state index contributed by atoms with van der Waals surface area (Å²) >= 11 is 0. The van der Waals surface area contributed by atoms with Gasteiger partial charge in [0.05, 0.1) is 25.1 Å². The van der Waals surface area contributed by atoms with Crippen molar-refractivity contribution in [2.45, 2.75) is 19.6 Å². The SMILES string of the molecule is O=C(NCc1cccc(CN2CCOCC2)c1)NCc1cnn(-c2ccccc2)c1. The second-order valence-electron chi connectivity index (χ2n) is 7.37. The summed E-state index contributed by atoms with van der Waals surface area (Å²) in [6, 6.07) is 18.1. The molecule has 0 unspecified atom stereocenters. The topological polar surface area (TPSA) is 71.4 Å². The molecular formula is C23H27N5O2. The number of benzene rings is 2. The Morgan fingerprint density at radius 3 is 2.47 bits per heavy atom. The van der Waals surface area contributed by atoms with Crippen LogP contribution in [0.5, 0.6) is 0 Å². The molecule has 1 aliphatic heterocycles. The minimum Gasteiger partial charge on any atom is -0.379 e. The van der Waals surface area contributed by atoms with E-state index in [1.54, 1.807) is 10.9 Å². The van der Waals surface area contributed by atoms with E-state index in [2.05, 4.69) is 32.8 Å². The van der Waals surface area contributed by atoms with Crippen molar-refractivity contribution in [2.24, 2.45) is 0 Å². The highest BCUT2D eigenvalue weighted by molar-refractivity contribution is 5.73. The Kier molecular flexibility index (Phi) is 6.74. The fourth-order valence-corrected chi connectivity index (χ4v) is 3.46. The number of nitrogens with zero attached hydrogens (tertiary/aromatic N) is 3.